The summed E-state index contributed by atoms with van der Waals surface area (Å²) < 4.78 is 0. The van der Waals surface area contributed by atoms with Crippen LogP contribution in [0.4, 0.5) is 0 Å². The molecule has 0 amide bonds. The molecule has 0 spiro atoms. The number of rotatable bonds is 6. The van der Waals surface area contributed by atoms with E-state index < -0.39 is 0 Å². The van der Waals surface area contributed by atoms with E-state index in [0.29, 0.717) is 0 Å². The van der Waals surface area contributed by atoms with Crippen LogP contribution in [-0.4, -0.2) is 61.7 Å². The van der Waals surface area contributed by atoms with E-state index in [1.807, 2.05) is 0 Å². The molecule has 0 aromatic carbocycles. The zero-order valence-electron chi connectivity index (χ0n) is 12.3. The highest BCUT2D eigenvalue weighted by atomic mass is 15.3. The second-order valence-electron chi connectivity index (χ2n) is 6.44. The highest BCUT2D eigenvalue weighted by Crippen LogP contribution is 2.21. The molecule has 106 valence electrons. The Labute approximate surface area is 113 Å². The summed E-state index contributed by atoms with van der Waals surface area (Å²) in [5.74, 6) is 0.773. The van der Waals surface area contributed by atoms with Crippen LogP contribution in [0.5, 0.6) is 0 Å². The third-order valence-corrected chi connectivity index (χ3v) is 4.27. The van der Waals surface area contributed by atoms with Gasteiger partial charge in [0.25, 0.3) is 0 Å². The molecule has 0 aromatic rings. The van der Waals surface area contributed by atoms with Crippen molar-refractivity contribution in [2.75, 3.05) is 45.8 Å². The molecule has 1 unspecified atom stereocenters. The van der Waals surface area contributed by atoms with Crippen molar-refractivity contribution in [1.29, 1.82) is 0 Å². The van der Waals surface area contributed by atoms with Crippen LogP contribution in [0.15, 0.2) is 0 Å². The molecular formula is C15H31N3. The Hall–Kier alpha value is -0.120. The molecule has 2 rings (SSSR count). The van der Waals surface area contributed by atoms with Crippen molar-refractivity contribution in [1.82, 2.24) is 15.1 Å². The summed E-state index contributed by atoms with van der Waals surface area (Å²) in [7, 11) is 0. The van der Waals surface area contributed by atoms with Crippen molar-refractivity contribution in [3.63, 3.8) is 0 Å². The van der Waals surface area contributed by atoms with Gasteiger partial charge in [0.05, 0.1) is 0 Å². The summed E-state index contributed by atoms with van der Waals surface area (Å²) in [5.41, 5.74) is 0. The minimum absolute atomic E-state index is 0.773. The highest BCUT2D eigenvalue weighted by Gasteiger charge is 2.28. The number of nitrogens with one attached hydrogen (secondary N) is 1. The van der Waals surface area contributed by atoms with E-state index >= 15 is 0 Å². The van der Waals surface area contributed by atoms with Crippen LogP contribution >= 0.6 is 0 Å². The molecule has 2 aliphatic rings. The van der Waals surface area contributed by atoms with Crippen LogP contribution in [0.25, 0.3) is 0 Å². The lowest BCUT2D eigenvalue weighted by molar-refractivity contribution is 0.218. The van der Waals surface area contributed by atoms with E-state index in [4.69, 9.17) is 0 Å². The average molecular weight is 253 g/mol. The first-order valence-corrected chi connectivity index (χ1v) is 7.93. The molecule has 2 saturated heterocycles. The maximum absolute atomic E-state index is 3.55. The number of fused-ring (bicyclic) bond motifs is 1. The summed E-state index contributed by atoms with van der Waals surface area (Å²) in [6.07, 6.45) is 5.53. The fraction of sp³-hybridized carbons (Fsp3) is 1.00. The minimum atomic E-state index is 0.773. The van der Waals surface area contributed by atoms with E-state index in [1.165, 1.54) is 65.0 Å². The number of hydrogen-bond acceptors (Lipinski definition) is 3. The molecule has 2 fully saturated rings. The molecule has 3 nitrogen and oxygen atoms in total. The summed E-state index contributed by atoms with van der Waals surface area (Å²) in [6, 6.07) is 0.871. The Balaban J connectivity index is 1.60. The normalized spacial score (nSPS) is 26.5. The van der Waals surface area contributed by atoms with E-state index in [-0.39, 0.29) is 0 Å². The zero-order chi connectivity index (χ0) is 12.8. The van der Waals surface area contributed by atoms with Gasteiger partial charge in [-0.2, -0.15) is 0 Å². The predicted octanol–water partition coefficient (Wildman–Crippen LogP) is 1.79. The van der Waals surface area contributed by atoms with Crippen LogP contribution in [0.3, 0.4) is 0 Å². The average Bonchev–Trinajstić information content (AvgIpc) is 2.67. The van der Waals surface area contributed by atoms with Crippen molar-refractivity contribution in [2.24, 2.45) is 5.92 Å². The lowest BCUT2D eigenvalue weighted by Crippen LogP contribution is -2.37. The second-order valence-corrected chi connectivity index (χ2v) is 6.44. The van der Waals surface area contributed by atoms with Gasteiger partial charge in [-0.05, 0) is 70.9 Å². The van der Waals surface area contributed by atoms with Gasteiger partial charge in [-0.1, -0.05) is 13.8 Å². The Morgan fingerprint density at radius 1 is 1.17 bits per heavy atom. The van der Waals surface area contributed by atoms with Crippen LogP contribution in [0.2, 0.25) is 0 Å². The standard InChI is InChI=1S/C15H31N3/c1-14(2)12-16-7-4-8-17-9-5-11-18-10-3-6-15(18)13-17/h14-16H,3-13H2,1-2H3. The fourth-order valence-corrected chi connectivity index (χ4v) is 3.30. The SMILES string of the molecule is CC(C)CNCCCN1CCCN2CCCC2C1. The maximum Gasteiger partial charge on any atom is 0.0223 e. The number of hydrogen-bond donors (Lipinski definition) is 1. The molecule has 0 aliphatic carbocycles. The monoisotopic (exact) mass is 253 g/mol. The van der Waals surface area contributed by atoms with Crippen molar-refractivity contribution in [3.8, 4) is 0 Å². The Morgan fingerprint density at radius 2 is 2.00 bits per heavy atom. The minimum Gasteiger partial charge on any atom is -0.316 e. The Kier molecular flexibility index (Phi) is 5.93. The maximum atomic E-state index is 3.55. The van der Waals surface area contributed by atoms with Gasteiger partial charge < -0.3 is 10.2 Å². The molecule has 18 heavy (non-hydrogen) atoms. The summed E-state index contributed by atoms with van der Waals surface area (Å²) >= 11 is 0. The van der Waals surface area contributed by atoms with Crippen molar-refractivity contribution < 1.29 is 0 Å². The van der Waals surface area contributed by atoms with Gasteiger partial charge in [0.15, 0.2) is 0 Å². The first kappa shape index (κ1) is 14.3. The van der Waals surface area contributed by atoms with Gasteiger partial charge in [0, 0.05) is 12.6 Å². The molecule has 2 heterocycles. The zero-order valence-corrected chi connectivity index (χ0v) is 12.3. The first-order chi connectivity index (χ1) is 8.75. The third kappa shape index (κ3) is 4.52. The van der Waals surface area contributed by atoms with Gasteiger partial charge in [-0.3, -0.25) is 4.90 Å². The van der Waals surface area contributed by atoms with E-state index in [1.54, 1.807) is 0 Å². The lowest BCUT2D eigenvalue weighted by atomic mass is 10.2. The molecule has 0 saturated carbocycles. The quantitative estimate of drug-likeness (QED) is 0.728. The van der Waals surface area contributed by atoms with Crippen LogP contribution in [0, 0.1) is 5.92 Å². The third-order valence-electron chi connectivity index (χ3n) is 4.27. The molecule has 0 bridgehead atoms. The molecule has 2 aliphatic heterocycles. The summed E-state index contributed by atoms with van der Waals surface area (Å²) in [6.45, 7) is 13.5. The van der Waals surface area contributed by atoms with E-state index in [9.17, 15) is 0 Å². The van der Waals surface area contributed by atoms with Gasteiger partial charge in [-0.25, -0.2) is 0 Å². The molecular weight excluding hydrogens is 222 g/mol. The Bertz CT molecular complexity index is 230. The van der Waals surface area contributed by atoms with Gasteiger partial charge in [0.2, 0.25) is 0 Å². The topological polar surface area (TPSA) is 18.5 Å². The van der Waals surface area contributed by atoms with Gasteiger partial charge in [0.1, 0.15) is 0 Å². The van der Waals surface area contributed by atoms with Gasteiger partial charge >= 0.3 is 0 Å². The lowest BCUT2D eigenvalue weighted by Gasteiger charge is -2.25. The van der Waals surface area contributed by atoms with Crippen LogP contribution < -0.4 is 5.32 Å². The summed E-state index contributed by atoms with van der Waals surface area (Å²) in [5, 5.41) is 3.55. The summed E-state index contributed by atoms with van der Waals surface area (Å²) in [4.78, 5) is 5.42. The molecule has 1 atom stereocenters. The Morgan fingerprint density at radius 3 is 2.83 bits per heavy atom. The van der Waals surface area contributed by atoms with Crippen molar-refractivity contribution >= 4 is 0 Å². The number of nitrogens with zero attached hydrogens (tertiary/aromatic N) is 2. The van der Waals surface area contributed by atoms with E-state index in [2.05, 4.69) is 29.0 Å². The first-order valence-electron chi connectivity index (χ1n) is 7.93. The molecule has 3 heteroatoms. The van der Waals surface area contributed by atoms with Crippen molar-refractivity contribution in [2.45, 2.75) is 45.6 Å². The predicted molar refractivity (Wildman–Crippen MR) is 78.0 cm³/mol. The van der Waals surface area contributed by atoms with Crippen molar-refractivity contribution in [3.05, 3.63) is 0 Å². The largest absolute Gasteiger partial charge is 0.316 e. The molecule has 0 radical (unpaired) electrons. The smallest absolute Gasteiger partial charge is 0.0223 e. The van der Waals surface area contributed by atoms with Crippen LogP contribution in [-0.2, 0) is 0 Å². The van der Waals surface area contributed by atoms with Gasteiger partial charge in [-0.15, -0.1) is 0 Å². The fourth-order valence-electron chi connectivity index (χ4n) is 3.30. The highest BCUT2D eigenvalue weighted by molar-refractivity contribution is 4.84. The second kappa shape index (κ2) is 7.46. The van der Waals surface area contributed by atoms with Crippen LogP contribution in [0.1, 0.15) is 39.5 Å². The van der Waals surface area contributed by atoms with E-state index in [0.717, 1.165) is 18.5 Å². The molecule has 1 N–H and O–H groups in total. The molecule has 0 aromatic heterocycles.